The van der Waals surface area contributed by atoms with Crippen LogP contribution in [0.1, 0.15) is 27.2 Å². The Hall–Kier alpha value is -2.64. The molecule has 0 fully saturated rings. The number of hydrogen-bond donors (Lipinski definition) is 2. The lowest BCUT2D eigenvalue weighted by atomic mass is 10.2. The van der Waals surface area contributed by atoms with Gasteiger partial charge in [0.15, 0.2) is 5.69 Å². The number of nitrogens with zero attached hydrogens (tertiary/aromatic N) is 2. The molecule has 3 aromatic rings. The Labute approximate surface area is 158 Å². The Kier molecular flexibility index (Phi) is 5.70. The largest absolute Gasteiger partial charge is 0.489 e. The fraction of sp³-hybridized carbons (Fsp3) is 0.158. The summed E-state index contributed by atoms with van der Waals surface area (Å²) in [7, 11) is 0. The highest BCUT2D eigenvalue weighted by Gasteiger charge is 2.16. The van der Waals surface area contributed by atoms with Crippen LogP contribution in [0.15, 0.2) is 59.2 Å². The molecule has 3 rings (SSSR count). The molecule has 2 N–H and O–H groups in total. The van der Waals surface area contributed by atoms with Crippen molar-refractivity contribution in [2.45, 2.75) is 19.8 Å². The summed E-state index contributed by atoms with van der Waals surface area (Å²) in [6.07, 6.45) is 1.53. The molecule has 0 saturated heterocycles. The topological polar surface area (TPSA) is 84.6 Å². The van der Waals surface area contributed by atoms with Gasteiger partial charge in [-0.2, -0.15) is 5.10 Å². The summed E-state index contributed by atoms with van der Waals surface area (Å²) in [6, 6.07) is 15.5. The third-order valence-electron chi connectivity index (χ3n) is 3.80. The predicted octanol–water partition coefficient (Wildman–Crippen LogP) is 3.46. The zero-order valence-electron chi connectivity index (χ0n) is 13.8. The first-order valence-corrected chi connectivity index (χ1v) is 8.71. The summed E-state index contributed by atoms with van der Waals surface area (Å²) in [5.74, 6) is -0.474. The van der Waals surface area contributed by atoms with Crippen molar-refractivity contribution in [3.05, 3.63) is 81.6 Å². The lowest BCUT2D eigenvalue weighted by molar-refractivity contribution is 0.0686. The highest BCUT2D eigenvalue weighted by Crippen LogP contribution is 2.25. The molecule has 0 unspecified atom stereocenters. The number of aliphatic hydroxyl groups excluding tert-OH is 1. The summed E-state index contributed by atoms with van der Waals surface area (Å²) < 4.78 is 8.31. The number of hydrogen-bond acceptors (Lipinski definition) is 4. The van der Waals surface area contributed by atoms with Crippen molar-refractivity contribution in [1.82, 2.24) is 9.78 Å². The van der Waals surface area contributed by atoms with Crippen LogP contribution in [0.25, 0.3) is 0 Å². The molecular weight excluding hydrogens is 400 g/mol. The van der Waals surface area contributed by atoms with Crippen LogP contribution in [-0.2, 0) is 19.8 Å². The van der Waals surface area contributed by atoms with E-state index in [1.54, 1.807) is 0 Å². The first-order valence-electron chi connectivity index (χ1n) is 7.92. The molecule has 26 heavy (non-hydrogen) atoms. The van der Waals surface area contributed by atoms with Gasteiger partial charge < -0.3 is 14.9 Å². The van der Waals surface area contributed by atoms with E-state index in [0.717, 1.165) is 15.6 Å². The normalized spacial score (nSPS) is 10.7. The molecule has 1 heterocycles. The summed E-state index contributed by atoms with van der Waals surface area (Å²) in [4.78, 5) is 11.2. The molecule has 7 heteroatoms. The van der Waals surface area contributed by atoms with E-state index >= 15 is 0 Å². The number of benzene rings is 2. The van der Waals surface area contributed by atoms with Gasteiger partial charge in [-0.3, -0.25) is 4.68 Å². The molecule has 0 saturated carbocycles. The van der Waals surface area contributed by atoms with Gasteiger partial charge in [0.25, 0.3) is 0 Å². The molecule has 134 valence electrons. The van der Waals surface area contributed by atoms with Gasteiger partial charge in [-0.1, -0.05) is 46.3 Å². The first-order chi connectivity index (χ1) is 12.6. The summed E-state index contributed by atoms with van der Waals surface area (Å²) >= 11 is 3.44. The second-order valence-corrected chi connectivity index (χ2v) is 6.61. The maximum atomic E-state index is 11.2. The van der Waals surface area contributed by atoms with Crippen molar-refractivity contribution in [2.75, 3.05) is 0 Å². The molecule has 0 aliphatic heterocycles. The van der Waals surface area contributed by atoms with E-state index in [9.17, 15) is 9.90 Å². The molecule has 0 radical (unpaired) electrons. The van der Waals surface area contributed by atoms with E-state index in [1.165, 1.54) is 10.9 Å². The first kappa shape index (κ1) is 18.2. The van der Waals surface area contributed by atoms with Crippen LogP contribution < -0.4 is 4.74 Å². The van der Waals surface area contributed by atoms with Crippen molar-refractivity contribution in [3.8, 4) is 5.75 Å². The molecule has 0 atom stereocenters. The minimum atomic E-state index is -1.16. The van der Waals surface area contributed by atoms with Gasteiger partial charge in [-0.05, 0) is 23.8 Å². The van der Waals surface area contributed by atoms with Crippen LogP contribution in [0.2, 0.25) is 0 Å². The number of carboxylic acids is 1. The molecule has 1 aromatic heterocycles. The predicted molar refractivity (Wildman–Crippen MR) is 99.1 cm³/mol. The van der Waals surface area contributed by atoms with E-state index in [0.29, 0.717) is 18.9 Å². The molecular formula is C19H17BrN2O4. The van der Waals surface area contributed by atoms with Gasteiger partial charge in [0, 0.05) is 21.8 Å². The Morgan fingerprint density at radius 2 is 1.92 bits per heavy atom. The lowest BCUT2D eigenvalue weighted by Crippen LogP contribution is -2.06. The molecule has 0 bridgehead atoms. The number of halogens is 1. The average molecular weight is 417 g/mol. The Bertz CT molecular complexity index is 909. The van der Waals surface area contributed by atoms with Crippen molar-refractivity contribution in [2.24, 2.45) is 0 Å². The zero-order chi connectivity index (χ0) is 18.5. The van der Waals surface area contributed by atoms with E-state index in [2.05, 4.69) is 21.0 Å². The minimum Gasteiger partial charge on any atom is -0.489 e. The number of rotatable bonds is 7. The van der Waals surface area contributed by atoms with Crippen LogP contribution in [0, 0.1) is 0 Å². The van der Waals surface area contributed by atoms with Crippen molar-refractivity contribution >= 4 is 21.9 Å². The molecule has 6 nitrogen and oxygen atoms in total. The minimum absolute atomic E-state index is 0.144. The van der Waals surface area contributed by atoms with Gasteiger partial charge in [0.2, 0.25) is 0 Å². The number of carbonyl (C=O) groups is 1. The number of aliphatic hydroxyl groups is 1. The number of aromatic carboxylic acids is 1. The van der Waals surface area contributed by atoms with Gasteiger partial charge in [-0.25, -0.2) is 4.79 Å². The van der Waals surface area contributed by atoms with Crippen LogP contribution in [0.4, 0.5) is 0 Å². The lowest BCUT2D eigenvalue weighted by Gasteiger charge is -2.12. The maximum absolute atomic E-state index is 11.2. The zero-order valence-corrected chi connectivity index (χ0v) is 15.4. The fourth-order valence-electron chi connectivity index (χ4n) is 2.56. The average Bonchev–Trinajstić information content (AvgIpc) is 3.05. The number of carboxylic acid groups (broad SMARTS) is 1. The maximum Gasteiger partial charge on any atom is 0.356 e. The van der Waals surface area contributed by atoms with Crippen molar-refractivity contribution < 1.29 is 19.7 Å². The van der Waals surface area contributed by atoms with Crippen LogP contribution in [0.3, 0.4) is 0 Å². The van der Waals surface area contributed by atoms with Gasteiger partial charge in [0.1, 0.15) is 12.4 Å². The smallest absolute Gasteiger partial charge is 0.356 e. The third kappa shape index (κ3) is 4.30. The van der Waals surface area contributed by atoms with Crippen LogP contribution >= 0.6 is 15.9 Å². The summed E-state index contributed by atoms with van der Waals surface area (Å²) in [5, 5.41) is 22.5. The van der Waals surface area contributed by atoms with E-state index < -0.39 is 5.97 Å². The number of ether oxygens (including phenoxy) is 1. The van der Waals surface area contributed by atoms with E-state index in [4.69, 9.17) is 9.84 Å². The summed E-state index contributed by atoms with van der Waals surface area (Å²) in [6.45, 7) is 0.373. The molecule has 2 aromatic carbocycles. The Morgan fingerprint density at radius 1 is 1.15 bits per heavy atom. The van der Waals surface area contributed by atoms with E-state index in [1.807, 2.05) is 48.5 Å². The molecule has 0 aliphatic carbocycles. The Balaban J connectivity index is 1.83. The monoisotopic (exact) mass is 416 g/mol. The molecule has 0 spiro atoms. The van der Waals surface area contributed by atoms with Gasteiger partial charge in [0.05, 0.1) is 13.2 Å². The van der Waals surface area contributed by atoms with E-state index in [-0.39, 0.29) is 17.9 Å². The highest BCUT2D eigenvalue weighted by molar-refractivity contribution is 9.10. The quantitative estimate of drug-likeness (QED) is 0.615. The van der Waals surface area contributed by atoms with Gasteiger partial charge in [-0.15, -0.1) is 0 Å². The van der Waals surface area contributed by atoms with Crippen molar-refractivity contribution in [3.63, 3.8) is 0 Å². The van der Waals surface area contributed by atoms with Crippen molar-refractivity contribution in [1.29, 1.82) is 0 Å². The second kappa shape index (κ2) is 8.16. The Morgan fingerprint density at radius 3 is 2.58 bits per heavy atom. The van der Waals surface area contributed by atoms with Gasteiger partial charge >= 0.3 is 5.97 Å². The van der Waals surface area contributed by atoms with Crippen LogP contribution in [-0.4, -0.2) is 26.0 Å². The SMILES string of the molecule is O=C(O)c1nn(Cc2cc(Br)ccc2OCc2ccccc2)cc1CO. The molecule has 0 aliphatic rings. The molecule has 0 amide bonds. The standard InChI is InChI=1S/C19H17BrN2O4/c20-16-6-7-17(26-12-13-4-2-1-3-5-13)14(8-16)9-22-10-15(11-23)18(21-22)19(24)25/h1-8,10,23H,9,11-12H2,(H,24,25). The fourth-order valence-corrected chi connectivity index (χ4v) is 2.97. The summed E-state index contributed by atoms with van der Waals surface area (Å²) in [5.41, 5.74) is 2.03. The second-order valence-electron chi connectivity index (χ2n) is 5.69. The van der Waals surface area contributed by atoms with Crippen LogP contribution in [0.5, 0.6) is 5.75 Å². The third-order valence-corrected chi connectivity index (χ3v) is 4.30. The number of aromatic nitrogens is 2. The highest BCUT2D eigenvalue weighted by atomic mass is 79.9.